The van der Waals surface area contributed by atoms with Gasteiger partial charge in [0.25, 0.3) is 0 Å². The van der Waals surface area contributed by atoms with Gasteiger partial charge >= 0.3 is 5.97 Å². The van der Waals surface area contributed by atoms with E-state index in [4.69, 9.17) is 11.6 Å². The zero-order chi connectivity index (χ0) is 12.7. The molecule has 0 saturated carbocycles. The Morgan fingerprint density at radius 2 is 2.00 bits per heavy atom. The van der Waals surface area contributed by atoms with E-state index in [-0.39, 0.29) is 5.88 Å². The predicted octanol–water partition coefficient (Wildman–Crippen LogP) is 1.13. The maximum atomic E-state index is 11.5. The van der Waals surface area contributed by atoms with E-state index in [1.165, 1.54) is 7.11 Å². The number of hydrogen-bond donors (Lipinski definition) is 1. The molecular formula is C12H14ClNO3. The lowest BCUT2D eigenvalue weighted by Crippen LogP contribution is -2.43. The monoisotopic (exact) mass is 255 g/mol. The van der Waals surface area contributed by atoms with Gasteiger partial charge in [-0.2, -0.15) is 0 Å². The molecule has 0 heterocycles. The van der Waals surface area contributed by atoms with Crippen LogP contribution in [0.5, 0.6) is 0 Å². The van der Waals surface area contributed by atoms with Crippen LogP contribution in [-0.2, 0) is 20.7 Å². The minimum absolute atomic E-state index is 0.178. The summed E-state index contributed by atoms with van der Waals surface area (Å²) >= 11 is 5.38. The van der Waals surface area contributed by atoms with E-state index < -0.39 is 17.9 Å². The van der Waals surface area contributed by atoms with E-state index >= 15 is 0 Å². The van der Waals surface area contributed by atoms with Gasteiger partial charge in [0.05, 0.1) is 7.11 Å². The van der Waals surface area contributed by atoms with Crippen molar-refractivity contribution in [3.63, 3.8) is 0 Å². The molecule has 0 fully saturated rings. The topological polar surface area (TPSA) is 55.4 Å². The smallest absolute Gasteiger partial charge is 0.328 e. The summed E-state index contributed by atoms with van der Waals surface area (Å²) in [6, 6.07) is 8.67. The van der Waals surface area contributed by atoms with Gasteiger partial charge in [-0.05, 0) is 5.56 Å². The van der Waals surface area contributed by atoms with Gasteiger partial charge in [-0.15, -0.1) is 11.6 Å². The molecule has 1 amide bonds. The lowest BCUT2D eigenvalue weighted by atomic mass is 10.1. The Hall–Kier alpha value is -1.55. The van der Waals surface area contributed by atoms with Crippen molar-refractivity contribution in [3.05, 3.63) is 35.9 Å². The SMILES string of the molecule is COC(=O)C(Cc1ccccc1)NC(=O)CCl. The minimum Gasteiger partial charge on any atom is -0.467 e. The van der Waals surface area contributed by atoms with Gasteiger partial charge in [-0.25, -0.2) is 4.79 Å². The second-order valence-electron chi connectivity index (χ2n) is 3.47. The van der Waals surface area contributed by atoms with Gasteiger partial charge in [0.2, 0.25) is 5.91 Å². The summed E-state index contributed by atoms with van der Waals surface area (Å²) in [5.41, 5.74) is 0.942. The van der Waals surface area contributed by atoms with Crippen molar-refractivity contribution in [2.24, 2.45) is 0 Å². The molecule has 0 aromatic heterocycles. The third kappa shape index (κ3) is 4.44. The summed E-state index contributed by atoms with van der Waals surface area (Å²) in [5, 5.41) is 2.52. The van der Waals surface area contributed by atoms with E-state index in [1.807, 2.05) is 30.3 Å². The van der Waals surface area contributed by atoms with Crippen molar-refractivity contribution in [1.82, 2.24) is 5.32 Å². The average molecular weight is 256 g/mol. The molecule has 0 radical (unpaired) electrons. The van der Waals surface area contributed by atoms with Crippen molar-refractivity contribution in [2.45, 2.75) is 12.5 Å². The second kappa shape index (κ2) is 6.91. The molecule has 0 spiro atoms. The number of rotatable bonds is 5. The summed E-state index contributed by atoms with van der Waals surface area (Å²) in [6.07, 6.45) is 0.385. The zero-order valence-electron chi connectivity index (χ0n) is 9.48. The molecule has 0 aliphatic heterocycles. The number of benzene rings is 1. The Bertz CT molecular complexity index is 381. The molecule has 0 saturated heterocycles. The van der Waals surface area contributed by atoms with Crippen LogP contribution in [0.2, 0.25) is 0 Å². The fraction of sp³-hybridized carbons (Fsp3) is 0.333. The number of halogens is 1. The number of esters is 1. The van der Waals surface area contributed by atoms with Crippen molar-refractivity contribution in [3.8, 4) is 0 Å². The second-order valence-corrected chi connectivity index (χ2v) is 3.73. The number of methoxy groups -OCH3 is 1. The van der Waals surface area contributed by atoms with E-state index in [0.29, 0.717) is 6.42 Å². The molecule has 92 valence electrons. The van der Waals surface area contributed by atoms with Crippen LogP contribution in [0.4, 0.5) is 0 Å². The lowest BCUT2D eigenvalue weighted by Gasteiger charge is -2.15. The first-order valence-electron chi connectivity index (χ1n) is 5.14. The number of ether oxygens (including phenoxy) is 1. The summed E-state index contributed by atoms with van der Waals surface area (Å²) in [7, 11) is 1.28. The van der Waals surface area contributed by atoms with Crippen molar-refractivity contribution in [1.29, 1.82) is 0 Å². The maximum Gasteiger partial charge on any atom is 0.328 e. The molecule has 0 bridgehead atoms. The van der Waals surface area contributed by atoms with Crippen LogP contribution in [0.25, 0.3) is 0 Å². The number of carbonyl (C=O) groups excluding carboxylic acids is 2. The van der Waals surface area contributed by atoms with Gasteiger partial charge in [0.15, 0.2) is 0 Å². The van der Waals surface area contributed by atoms with Crippen LogP contribution in [0.1, 0.15) is 5.56 Å². The van der Waals surface area contributed by atoms with Crippen LogP contribution >= 0.6 is 11.6 Å². The van der Waals surface area contributed by atoms with Gasteiger partial charge in [-0.3, -0.25) is 4.79 Å². The Morgan fingerprint density at radius 1 is 1.35 bits per heavy atom. The third-order valence-electron chi connectivity index (χ3n) is 2.22. The number of carbonyl (C=O) groups is 2. The average Bonchev–Trinajstić information content (AvgIpc) is 2.38. The first kappa shape index (κ1) is 13.5. The van der Waals surface area contributed by atoms with Gasteiger partial charge in [-0.1, -0.05) is 30.3 Å². The van der Waals surface area contributed by atoms with Gasteiger partial charge < -0.3 is 10.1 Å². The third-order valence-corrected chi connectivity index (χ3v) is 2.47. The standard InChI is InChI=1S/C12H14ClNO3/c1-17-12(16)10(14-11(15)8-13)7-9-5-3-2-4-6-9/h2-6,10H,7-8H2,1H3,(H,14,15). The molecule has 1 N–H and O–H groups in total. The number of nitrogens with one attached hydrogen (secondary N) is 1. The van der Waals surface area contributed by atoms with Crippen molar-refractivity contribution in [2.75, 3.05) is 13.0 Å². The Balaban J connectivity index is 2.70. The highest BCUT2D eigenvalue weighted by molar-refractivity contribution is 6.27. The molecule has 1 aromatic carbocycles. The van der Waals surface area contributed by atoms with Crippen LogP contribution < -0.4 is 5.32 Å². The van der Waals surface area contributed by atoms with E-state index in [9.17, 15) is 9.59 Å². The zero-order valence-corrected chi connectivity index (χ0v) is 10.2. The quantitative estimate of drug-likeness (QED) is 0.634. The highest BCUT2D eigenvalue weighted by Gasteiger charge is 2.21. The van der Waals surface area contributed by atoms with E-state index in [2.05, 4.69) is 10.1 Å². The Morgan fingerprint density at radius 3 is 2.53 bits per heavy atom. The van der Waals surface area contributed by atoms with Crippen molar-refractivity contribution >= 4 is 23.5 Å². The van der Waals surface area contributed by atoms with E-state index in [0.717, 1.165) is 5.56 Å². The van der Waals surface area contributed by atoms with Crippen LogP contribution in [0.15, 0.2) is 30.3 Å². The molecule has 1 rings (SSSR count). The number of amides is 1. The molecule has 0 aliphatic carbocycles. The fourth-order valence-electron chi connectivity index (χ4n) is 1.42. The highest BCUT2D eigenvalue weighted by atomic mass is 35.5. The van der Waals surface area contributed by atoms with E-state index in [1.54, 1.807) is 0 Å². The van der Waals surface area contributed by atoms with Gasteiger partial charge in [0.1, 0.15) is 11.9 Å². The molecule has 5 heteroatoms. The largest absolute Gasteiger partial charge is 0.467 e. The number of alkyl halides is 1. The normalized spacial score (nSPS) is 11.6. The molecule has 0 aliphatic rings. The molecule has 4 nitrogen and oxygen atoms in total. The van der Waals surface area contributed by atoms with Gasteiger partial charge in [0, 0.05) is 6.42 Å². The minimum atomic E-state index is -0.700. The molecular weight excluding hydrogens is 242 g/mol. The molecule has 1 unspecified atom stereocenters. The molecule has 17 heavy (non-hydrogen) atoms. The maximum absolute atomic E-state index is 11.5. The summed E-state index contributed by atoms with van der Waals surface area (Å²) in [6.45, 7) is 0. The Kier molecular flexibility index (Phi) is 5.49. The fourth-order valence-corrected chi connectivity index (χ4v) is 1.50. The Labute approximate surface area is 105 Å². The summed E-state index contributed by atoms with van der Waals surface area (Å²) in [5.74, 6) is -1.05. The first-order valence-corrected chi connectivity index (χ1v) is 5.68. The van der Waals surface area contributed by atoms with Crippen LogP contribution in [0, 0.1) is 0 Å². The van der Waals surface area contributed by atoms with Crippen molar-refractivity contribution < 1.29 is 14.3 Å². The summed E-state index contributed by atoms with van der Waals surface area (Å²) in [4.78, 5) is 22.7. The van der Waals surface area contributed by atoms with Crippen LogP contribution in [0.3, 0.4) is 0 Å². The first-order chi connectivity index (χ1) is 8.17. The molecule has 1 atom stereocenters. The van der Waals surface area contributed by atoms with Crippen LogP contribution in [-0.4, -0.2) is 30.9 Å². The molecule has 1 aromatic rings. The summed E-state index contributed by atoms with van der Waals surface area (Å²) < 4.78 is 4.63. The lowest BCUT2D eigenvalue weighted by molar-refractivity contribution is -0.144. The predicted molar refractivity (Wildman–Crippen MR) is 64.8 cm³/mol. The number of hydrogen-bond acceptors (Lipinski definition) is 3. The highest BCUT2D eigenvalue weighted by Crippen LogP contribution is 2.04.